The maximum Gasteiger partial charge on any atom is 0.408 e. The lowest BCUT2D eigenvalue weighted by atomic mass is 9.97. The molecule has 1 N–H and O–H groups in total. The summed E-state index contributed by atoms with van der Waals surface area (Å²) in [5.74, 6) is -0.479. The van der Waals surface area contributed by atoms with Gasteiger partial charge in [0.25, 0.3) is 11.4 Å². The molecule has 0 fully saturated rings. The fourth-order valence-corrected chi connectivity index (χ4v) is 4.69. The third-order valence-corrected chi connectivity index (χ3v) is 6.74. The van der Waals surface area contributed by atoms with Gasteiger partial charge in [0, 0.05) is 30.7 Å². The van der Waals surface area contributed by atoms with Gasteiger partial charge in [-0.2, -0.15) is 0 Å². The van der Waals surface area contributed by atoms with Crippen LogP contribution in [0.2, 0.25) is 0 Å². The van der Waals surface area contributed by atoms with Crippen molar-refractivity contribution in [3.8, 4) is 11.5 Å². The molecule has 1 heterocycles. The molecule has 0 aliphatic carbocycles. The van der Waals surface area contributed by atoms with E-state index in [4.69, 9.17) is 18.9 Å². The van der Waals surface area contributed by atoms with Crippen molar-refractivity contribution in [2.45, 2.75) is 71.1 Å². The number of carbonyl (C=O) groups is 3. The molecule has 0 bridgehead atoms. The van der Waals surface area contributed by atoms with E-state index in [-0.39, 0.29) is 37.1 Å². The van der Waals surface area contributed by atoms with Gasteiger partial charge in [-0.3, -0.25) is 29.8 Å². The van der Waals surface area contributed by atoms with Crippen LogP contribution in [0.1, 0.15) is 58.6 Å². The van der Waals surface area contributed by atoms with Crippen LogP contribution in [-0.4, -0.2) is 60.2 Å². The molecule has 1 aliphatic rings. The van der Waals surface area contributed by atoms with Gasteiger partial charge in [-0.15, -0.1) is 0 Å². The fourth-order valence-electron chi connectivity index (χ4n) is 4.69. The number of amides is 2. The summed E-state index contributed by atoms with van der Waals surface area (Å²) in [6, 6.07) is 5.55. The molecule has 0 saturated carbocycles. The number of methoxy groups -OCH3 is 2. The standard InChI is InChI=1S/C29H36N4O11/c1-28(2,3)43-24(34)9-8-22(30-27(36)44-29(4,5)18-13-20(41-6)16-21(14-18)42-7)26(35)31-11-10-17-12-19(32(37)38)15-23(25(17)31)33(39)40/h12-16,22H,8-11H2,1-7H3,(H,30,36)/t22-/m0/s1. The van der Waals surface area contributed by atoms with Gasteiger partial charge < -0.3 is 29.2 Å². The Hall–Kier alpha value is -4.95. The average Bonchev–Trinajstić information content (AvgIpc) is 3.36. The maximum atomic E-state index is 13.9. The third kappa shape index (κ3) is 8.11. The molecular formula is C29H36N4O11. The molecule has 1 aliphatic heterocycles. The monoisotopic (exact) mass is 616 g/mol. The number of carbonyl (C=O) groups excluding carboxylic acids is 3. The van der Waals surface area contributed by atoms with E-state index in [1.165, 1.54) is 20.3 Å². The predicted molar refractivity (Wildman–Crippen MR) is 157 cm³/mol. The number of hydrogen-bond acceptors (Lipinski definition) is 11. The van der Waals surface area contributed by atoms with Crippen LogP contribution in [0.4, 0.5) is 21.9 Å². The minimum atomic E-state index is -1.37. The number of hydrogen-bond donors (Lipinski definition) is 1. The Morgan fingerprint density at radius 3 is 2.07 bits per heavy atom. The second kappa shape index (κ2) is 13.1. The third-order valence-electron chi connectivity index (χ3n) is 6.74. The van der Waals surface area contributed by atoms with E-state index in [9.17, 15) is 34.6 Å². The van der Waals surface area contributed by atoms with Crippen LogP contribution in [0, 0.1) is 20.2 Å². The van der Waals surface area contributed by atoms with Crippen molar-refractivity contribution in [3.63, 3.8) is 0 Å². The Morgan fingerprint density at radius 2 is 1.55 bits per heavy atom. The number of alkyl carbamates (subject to hydrolysis) is 1. The topological polar surface area (TPSA) is 190 Å². The molecule has 2 amide bonds. The van der Waals surface area contributed by atoms with Gasteiger partial charge in [-0.25, -0.2) is 4.79 Å². The predicted octanol–water partition coefficient (Wildman–Crippen LogP) is 4.56. The SMILES string of the molecule is COc1cc(OC)cc(C(C)(C)OC(=O)N[C@@H](CCC(=O)OC(C)(C)C)C(=O)N2CCc3cc([N+](=O)[O-])cc([N+](=O)[O-])c32)c1. The van der Waals surface area contributed by atoms with Crippen molar-refractivity contribution in [2.24, 2.45) is 0 Å². The Kier molecular flexibility index (Phi) is 10.0. The summed E-state index contributed by atoms with van der Waals surface area (Å²) in [4.78, 5) is 62.3. The number of anilines is 1. The second-order valence-electron chi connectivity index (χ2n) is 11.5. The van der Waals surface area contributed by atoms with E-state index in [1.54, 1.807) is 52.8 Å². The second-order valence-corrected chi connectivity index (χ2v) is 11.5. The Labute approximate surface area is 253 Å². The van der Waals surface area contributed by atoms with Crippen LogP contribution >= 0.6 is 0 Å². The normalized spacial score (nSPS) is 13.4. The molecule has 1 atom stereocenters. The Balaban J connectivity index is 1.92. The highest BCUT2D eigenvalue weighted by Crippen LogP contribution is 2.41. The summed E-state index contributed by atoms with van der Waals surface area (Å²) in [5.41, 5.74) is -2.50. The molecule has 0 radical (unpaired) electrons. The molecule has 3 rings (SSSR count). The van der Waals surface area contributed by atoms with Crippen molar-refractivity contribution in [3.05, 3.63) is 61.7 Å². The van der Waals surface area contributed by atoms with E-state index in [1.807, 2.05) is 0 Å². The molecule has 2 aromatic carbocycles. The summed E-state index contributed by atoms with van der Waals surface area (Å²) < 4.78 is 21.6. The first-order chi connectivity index (χ1) is 20.4. The lowest BCUT2D eigenvalue weighted by molar-refractivity contribution is -0.393. The van der Waals surface area contributed by atoms with Crippen LogP contribution in [0.3, 0.4) is 0 Å². The number of nitrogens with zero attached hydrogens (tertiary/aromatic N) is 3. The minimum absolute atomic E-state index is 0.0368. The molecule has 0 spiro atoms. The summed E-state index contributed by atoms with van der Waals surface area (Å²) in [7, 11) is 2.94. The van der Waals surface area contributed by atoms with Gasteiger partial charge in [-0.05, 0) is 65.2 Å². The van der Waals surface area contributed by atoms with Gasteiger partial charge in [0.15, 0.2) is 0 Å². The molecule has 0 aromatic heterocycles. The highest BCUT2D eigenvalue weighted by atomic mass is 16.6. The number of esters is 1. The average molecular weight is 617 g/mol. The summed E-state index contributed by atoms with van der Waals surface area (Å²) in [6.45, 7) is 8.23. The number of nitro groups is 2. The number of nitrogens with one attached hydrogen (secondary N) is 1. The number of ether oxygens (including phenoxy) is 4. The zero-order valence-electron chi connectivity index (χ0n) is 25.6. The zero-order chi connectivity index (χ0) is 33.0. The number of nitro benzene ring substituents is 2. The molecule has 2 aromatic rings. The van der Waals surface area contributed by atoms with E-state index in [0.29, 0.717) is 17.1 Å². The minimum Gasteiger partial charge on any atom is -0.497 e. The number of non-ortho nitro benzene ring substituents is 1. The van der Waals surface area contributed by atoms with Gasteiger partial charge in [0.2, 0.25) is 5.91 Å². The molecule has 238 valence electrons. The lowest BCUT2D eigenvalue weighted by Crippen LogP contribution is -2.50. The van der Waals surface area contributed by atoms with Crippen molar-refractivity contribution in [1.82, 2.24) is 5.32 Å². The van der Waals surface area contributed by atoms with Gasteiger partial charge in [-0.1, -0.05) is 0 Å². The summed E-state index contributed by atoms with van der Waals surface area (Å²) in [5, 5.41) is 25.7. The van der Waals surface area contributed by atoms with E-state index in [2.05, 4.69) is 5.32 Å². The van der Waals surface area contributed by atoms with Gasteiger partial charge in [0.1, 0.15) is 34.4 Å². The highest BCUT2D eigenvalue weighted by molar-refractivity contribution is 6.02. The van der Waals surface area contributed by atoms with Crippen LogP contribution in [0.25, 0.3) is 0 Å². The van der Waals surface area contributed by atoms with Crippen LogP contribution < -0.4 is 19.7 Å². The van der Waals surface area contributed by atoms with Crippen molar-refractivity contribution in [2.75, 3.05) is 25.7 Å². The molecule has 0 unspecified atom stereocenters. The molecule has 0 saturated heterocycles. The van der Waals surface area contributed by atoms with Crippen molar-refractivity contribution in [1.29, 1.82) is 0 Å². The van der Waals surface area contributed by atoms with Crippen LogP contribution in [-0.2, 0) is 31.1 Å². The molecule has 15 nitrogen and oxygen atoms in total. The molecule has 15 heteroatoms. The summed E-state index contributed by atoms with van der Waals surface area (Å²) in [6.07, 6.45) is -1.38. The summed E-state index contributed by atoms with van der Waals surface area (Å²) >= 11 is 0. The fraction of sp³-hybridized carbons (Fsp3) is 0.483. The number of benzene rings is 2. The Bertz CT molecular complexity index is 1440. The van der Waals surface area contributed by atoms with E-state index in [0.717, 1.165) is 11.0 Å². The maximum absolute atomic E-state index is 13.9. The number of rotatable bonds is 11. The smallest absolute Gasteiger partial charge is 0.408 e. The Morgan fingerprint density at radius 1 is 0.932 bits per heavy atom. The van der Waals surface area contributed by atoms with Crippen LogP contribution in [0.5, 0.6) is 11.5 Å². The molecular weight excluding hydrogens is 580 g/mol. The number of fused-ring (bicyclic) bond motifs is 1. The van der Waals surface area contributed by atoms with E-state index >= 15 is 0 Å². The van der Waals surface area contributed by atoms with Crippen molar-refractivity contribution < 1.29 is 43.2 Å². The van der Waals surface area contributed by atoms with E-state index < -0.39 is 56.4 Å². The van der Waals surface area contributed by atoms with Gasteiger partial charge in [0.05, 0.1) is 30.1 Å². The van der Waals surface area contributed by atoms with Gasteiger partial charge >= 0.3 is 12.1 Å². The highest BCUT2D eigenvalue weighted by Gasteiger charge is 2.39. The van der Waals surface area contributed by atoms with Crippen LogP contribution in [0.15, 0.2) is 30.3 Å². The quantitative estimate of drug-likeness (QED) is 0.212. The zero-order valence-corrected chi connectivity index (χ0v) is 25.6. The lowest BCUT2D eigenvalue weighted by Gasteiger charge is -2.29. The van der Waals surface area contributed by atoms with Crippen molar-refractivity contribution >= 4 is 35.0 Å². The largest absolute Gasteiger partial charge is 0.497 e. The first-order valence-corrected chi connectivity index (χ1v) is 13.7. The first-order valence-electron chi connectivity index (χ1n) is 13.7. The molecule has 44 heavy (non-hydrogen) atoms. The first kappa shape index (κ1) is 33.6.